The number of ether oxygens (including phenoxy) is 2. The number of amides is 2. The average molecular weight is 664 g/mol. The van der Waals surface area contributed by atoms with Gasteiger partial charge in [-0.05, 0) is 53.3 Å². The Hall–Kier alpha value is -4.34. The summed E-state index contributed by atoms with van der Waals surface area (Å²) in [5, 5.41) is 15.4. The van der Waals surface area contributed by atoms with Crippen LogP contribution in [-0.2, 0) is 38.8 Å². The molecular formula is C41H49N3O5. The van der Waals surface area contributed by atoms with Crippen LogP contribution in [0.15, 0.2) is 103 Å². The molecule has 0 radical (unpaired) electrons. The molecule has 1 fully saturated rings. The van der Waals surface area contributed by atoms with Gasteiger partial charge in [-0.3, -0.25) is 14.5 Å². The highest BCUT2D eigenvalue weighted by Crippen LogP contribution is 2.39. The van der Waals surface area contributed by atoms with Crippen LogP contribution in [0.5, 0.6) is 0 Å². The Morgan fingerprint density at radius 1 is 0.796 bits per heavy atom. The summed E-state index contributed by atoms with van der Waals surface area (Å²) >= 11 is 0. The maximum absolute atomic E-state index is 12.5. The number of carbonyl (C=O) groups excluding carboxylic acids is 2. The number of likely N-dealkylation sites (N-methyl/N-ethyl adjacent to an activating group) is 1. The van der Waals surface area contributed by atoms with Crippen molar-refractivity contribution in [2.75, 3.05) is 20.1 Å². The second-order valence-electron chi connectivity index (χ2n) is 12.9. The molecule has 4 aromatic carbocycles. The monoisotopic (exact) mass is 663 g/mol. The van der Waals surface area contributed by atoms with Gasteiger partial charge in [0.05, 0.1) is 18.8 Å². The Balaban J connectivity index is 1.23. The first kappa shape index (κ1) is 36.0. The van der Waals surface area contributed by atoms with E-state index in [2.05, 4.69) is 77.2 Å². The van der Waals surface area contributed by atoms with Gasteiger partial charge in [-0.1, -0.05) is 110 Å². The highest BCUT2D eigenvalue weighted by molar-refractivity contribution is 5.76. The largest absolute Gasteiger partial charge is 0.392 e. The molecule has 1 aliphatic rings. The van der Waals surface area contributed by atoms with E-state index in [0.29, 0.717) is 19.5 Å². The minimum absolute atomic E-state index is 0.00835. The van der Waals surface area contributed by atoms with Gasteiger partial charge in [0.25, 0.3) is 0 Å². The lowest BCUT2D eigenvalue weighted by atomic mass is 9.97. The van der Waals surface area contributed by atoms with E-state index in [1.54, 1.807) is 0 Å². The van der Waals surface area contributed by atoms with Crippen molar-refractivity contribution in [2.24, 2.45) is 0 Å². The number of hydrogen-bond acceptors (Lipinski definition) is 6. The molecular weight excluding hydrogens is 614 g/mol. The van der Waals surface area contributed by atoms with Crippen LogP contribution in [0.4, 0.5) is 0 Å². The number of benzene rings is 4. The first-order chi connectivity index (χ1) is 23.9. The first-order valence-corrected chi connectivity index (χ1v) is 17.3. The van der Waals surface area contributed by atoms with Crippen LogP contribution in [0.3, 0.4) is 0 Å². The van der Waals surface area contributed by atoms with Gasteiger partial charge in [0.15, 0.2) is 6.29 Å². The third-order valence-corrected chi connectivity index (χ3v) is 8.87. The summed E-state index contributed by atoms with van der Waals surface area (Å²) in [4.78, 5) is 25.8. The van der Waals surface area contributed by atoms with E-state index in [-0.39, 0.29) is 30.6 Å². The lowest BCUT2D eigenvalue weighted by molar-refractivity contribution is -0.252. The van der Waals surface area contributed by atoms with Crippen molar-refractivity contribution in [2.45, 2.75) is 77.2 Å². The third kappa shape index (κ3) is 11.1. The first-order valence-electron chi connectivity index (χ1n) is 17.3. The molecule has 3 N–H and O–H groups in total. The van der Waals surface area contributed by atoms with Crippen LogP contribution < -0.4 is 10.6 Å². The smallest absolute Gasteiger partial charge is 0.220 e. The topological polar surface area (TPSA) is 100 Å². The molecule has 0 unspecified atom stereocenters. The quantitative estimate of drug-likeness (QED) is 0.114. The molecule has 1 saturated heterocycles. The summed E-state index contributed by atoms with van der Waals surface area (Å²) in [6.45, 7) is 4.21. The number of carbonyl (C=O) groups is 2. The Bertz CT molecular complexity index is 1610. The highest BCUT2D eigenvalue weighted by atomic mass is 16.7. The fourth-order valence-corrected chi connectivity index (χ4v) is 6.25. The minimum Gasteiger partial charge on any atom is -0.392 e. The molecule has 2 amide bonds. The molecule has 258 valence electrons. The average Bonchev–Trinajstić information content (AvgIpc) is 3.12. The highest BCUT2D eigenvalue weighted by Gasteiger charge is 2.33. The number of unbranched alkanes of at least 4 members (excludes halogenated alkanes) is 2. The number of hydrogen-bond donors (Lipinski definition) is 3. The van der Waals surface area contributed by atoms with Crippen LogP contribution in [-0.4, -0.2) is 48.1 Å². The molecule has 49 heavy (non-hydrogen) atoms. The van der Waals surface area contributed by atoms with Gasteiger partial charge in [0.1, 0.15) is 0 Å². The van der Waals surface area contributed by atoms with E-state index in [4.69, 9.17) is 9.47 Å². The SMILES string of the molecule is CC(=O)NCCCCCC(=O)NCc1ccccc1-c1ccc([C@H]2O[C@@H](CN(C)Cc3ccccc3)C[C@@H](c3ccc(CO)cc3)O2)cc1. The van der Waals surface area contributed by atoms with Crippen LogP contribution in [0.2, 0.25) is 0 Å². The molecule has 0 saturated carbocycles. The zero-order valence-electron chi connectivity index (χ0n) is 28.6. The fourth-order valence-electron chi connectivity index (χ4n) is 6.25. The maximum Gasteiger partial charge on any atom is 0.220 e. The second-order valence-corrected chi connectivity index (χ2v) is 12.9. The molecule has 8 heteroatoms. The molecule has 0 aromatic heterocycles. The van der Waals surface area contributed by atoms with Crippen molar-refractivity contribution in [3.05, 3.63) is 131 Å². The molecule has 3 atom stereocenters. The molecule has 4 aromatic rings. The Morgan fingerprint density at radius 3 is 2.24 bits per heavy atom. The van der Waals surface area contributed by atoms with Crippen LogP contribution in [0, 0.1) is 0 Å². The predicted octanol–water partition coefficient (Wildman–Crippen LogP) is 6.84. The number of aliphatic hydroxyl groups is 1. The summed E-state index contributed by atoms with van der Waals surface area (Å²) in [5.74, 6) is 0.00419. The van der Waals surface area contributed by atoms with Gasteiger partial charge in [0, 0.05) is 51.5 Å². The van der Waals surface area contributed by atoms with E-state index in [1.807, 2.05) is 48.5 Å². The minimum atomic E-state index is -0.534. The van der Waals surface area contributed by atoms with Crippen molar-refractivity contribution in [1.29, 1.82) is 0 Å². The van der Waals surface area contributed by atoms with Crippen LogP contribution in [0.1, 0.15) is 79.2 Å². The van der Waals surface area contributed by atoms with Gasteiger partial charge >= 0.3 is 0 Å². The van der Waals surface area contributed by atoms with Crippen LogP contribution in [0.25, 0.3) is 11.1 Å². The molecule has 0 spiro atoms. The van der Waals surface area contributed by atoms with E-state index < -0.39 is 6.29 Å². The fraction of sp³-hybridized carbons (Fsp3) is 0.366. The van der Waals surface area contributed by atoms with Crippen molar-refractivity contribution in [3.63, 3.8) is 0 Å². The molecule has 0 aliphatic carbocycles. The van der Waals surface area contributed by atoms with Gasteiger partial charge in [-0.2, -0.15) is 0 Å². The summed E-state index contributed by atoms with van der Waals surface area (Å²) in [6, 6.07) is 34.9. The van der Waals surface area contributed by atoms with Crippen molar-refractivity contribution >= 4 is 11.8 Å². The third-order valence-electron chi connectivity index (χ3n) is 8.87. The van der Waals surface area contributed by atoms with Gasteiger partial charge in [0.2, 0.25) is 11.8 Å². The predicted molar refractivity (Wildman–Crippen MR) is 192 cm³/mol. The van der Waals surface area contributed by atoms with E-state index in [1.165, 1.54) is 12.5 Å². The molecule has 0 bridgehead atoms. The number of nitrogens with zero attached hydrogens (tertiary/aromatic N) is 1. The standard InChI is InChI=1S/C41H49N3O5/c1-30(46)42-24-10-4-7-15-40(47)43-26-36-13-8-9-14-38(36)33-20-22-35(23-21-33)41-48-37(28-44(2)27-31-11-5-3-6-12-31)25-39(49-41)34-18-16-32(29-45)17-19-34/h3,5-6,8-9,11-14,16-23,37,39,41,45H,4,7,10,15,24-29H2,1-2H3,(H,42,46)(H,43,47)/t37-,39+,41+/m1/s1. The number of nitrogens with one attached hydrogen (secondary N) is 2. The van der Waals surface area contributed by atoms with E-state index in [0.717, 1.165) is 72.2 Å². The Kier molecular flexibility index (Phi) is 13.5. The van der Waals surface area contributed by atoms with E-state index >= 15 is 0 Å². The lowest BCUT2D eigenvalue weighted by Gasteiger charge is -2.38. The van der Waals surface area contributed by atoms with Crippen molar-refractivity contribution < 1.29 is 24.2 Å². The van der Waals surface area contributed by atoms with E-state index in [9.17, 15) is 14.7 Å². The molecule has 1 heterocycles. The summed E-state index contributed by atoms with van der Waals surface area (Å²) in [6.07, 6.45) is 3.02. The molecule has 5 rings (SSSR count). The van der Waals surface area contributed by atoms with Gasteiger partial charge < -0.3 is 25.2 Å². The zero-order chi connectivity index (χ0) is 34.4. The Labute approximate surface area is 290 Å². The molecule has 1 aliphatic heterocycles. The normalized spacial score (nSPS) is 17.5. The van der Waals surface area contributed by atoms with Gasteiger partial charge in [-0.25, -0.2) is 0 Å². The zero-order valence-corrected chi connectivity index (χ0v) is 28.6. The van der Waals surface area contributed by atoms with Gasteiger partial charge in [-0.15, -0.1) is 0 Å². The Morgan fingerprint density at radius 2 is 1.51 bits per heavy atom. The van der Waals surface area contributed by atoms with Crippen LogP contribution >= 0.6 is 0 Å². The summed E-state index contributed by atoms with van der Waals surface area (Å²) in [7, 11) is 2.12. The van der Waals surface area contributed by atoms with Crippen molar-refractivity contribution in [1.82, 2.24) is 15.5 Å². The maximum atomic E-state index is 12.5. The van der Waals surface area contributed by atoms with Crippen molar-refractivity contribution in [3.8, 4) is 11.1 Å². The summed E-state index contributed by atoms with van der Waals surface area (Å²) in [5.41, 5.74) is 7.31. The summed E-state index contributed by atoms with van der Waals surface area (Å²) < 4.78 is 13.2. The number of rotatable bonds is 16. The second kappa shape index (κ2) is 18.4. The molecule has 8 nitrogen and oxygen atoms in total. The lowest BCUT2D eigenvalue weighted by Crippen LogP contribution is -2.37. The number of aliphatic hydroxyl groups excluding tert-OH is 1.